The molecule has 0 spiro atoms. The second kappa shape index (κ2) is 10.6. The van der Waals surface area contributed by atoms with Crippen LogP contribution in [0.4, 0.5) is 8.78 Å². The first-order valence-electron chi connectivity index (χ1n) is 8.23. The van der Waals surface area contributed by atoms with Crippen LogP contribution in [0.1, 0.15) is 18.1 Å². The average molecular weight is 383 g/mol. The van der Waals surface area contributed by atoms with Crippen molar-refractivity contribution in [1.82, 2.24) is 15.6 Å². The number of nitrogens with zero attached hydrogens (tertiary/aromatic N) is 2. The highest BCUT2D eigenvalue weighted by Gasteiger charge is 2.05. The highest BCUT2D eigenvalue weighted by Crippen LogP contribution is 2.16. The third kappa shape index (κ3) is 7.23. The maximum atomic E-state index is 12.3. The van der Waals surface area contributed by atoms with E-state index in [-0.39, 0.29) is 5.75 Å². The van der Waals surface area contributed by atoms with E-state index >= 15 is 0 Å². The molecule has 0 bridgehead atoms. The number of benzene rings is 1. The average Bonchev–Trinajstić information content (AvgIpc) is 2.61. The quantitative estimate of drug-likeness (QED) is 0.416. The van der Waals surface area contributed by atoms with Crippen LogP contribution in [0.5, 0.6) is 5.75 Å². The van der Waals surface area contributed by atoms with E-state index in [1.807, 2.05) is 19.1 Å². The van der Waals surface area contributed by atoms with Crippen LogP contribution in [0.2, 0.25) is 5.15 Å². The largest absolute Gasteiger partial charge is 0.435 e. The Balaban J connectivity index is 1.90. The van der Waals surface area contributed by atoms with Crippen LogP contribution in [-0.4, -0.2) is 30.6 Å². The van der Waals surface area contributed by atoms with Gasteiger partial charge in [0.25, 0.3) is 0 Å². The molecule has 0 amide bonds. The number of rotatable bonds is 8. The van der Waals surface area contributed by atoms with Gasteiger partial charge in [-0.15, -0.1) is 0 Å². The van der Waals surface area contributed by atoms with E-state index < -0.39 is 6.61 Å². The molecule has 0 saturated carbocycles. The summed E-state index contributed by atoms with van der Waals surface area (Å²) in [7, 11) is 0. The van der Waals surface area contributed by atoms with Crippen LogP contribution in [0.15, 0.2) is 47.6 Å². The van der Waals surface area contributed by atoms with E-state index in [4.69, 9.17) is 11.6 Å². The summed E-state index contributed by atoms with van der Waals surface area (Å²) in [6, 6.07) is 10.2. The van der Waals surface area contributed by atoms with Gasteiger partial charge < -0.3 is 15.4 Å². The van der Waals surface area contributed by atoms with E-state index in [1.54, 1.807) is 24.4 Å². The molecule has 2 N–H and O–H groups in total. The number of alkyl halides is 2. The van der Waals surface area contributed by atoms with Gasteiger partial charge in [0.05, 0.1) is 6.54 Å². The second-order valence-electron chi connectivity index (χ2n) is 5.39. The molecule has 26 heavy (non-hydrogen) atoms. The Kier molecular flexibility index (Phi) is 8.08. The summed E-state index contributed by atoms with van der Waals surface area (Å²) >= 11 is 5.77. The van der Waals surface area contributed by atoms with E-state index in [2.05, 4.69) is 25.3 Å². The molecule has 0 unspecified atom stereocenters. The van der Waals surface area contributed by atoms with Gasteiger partial charge in [0, 0.05) is 19.3 Å². The second-order valence-corrected chi connectivity index (χ2v) is 5.77. The summed E-state index contributed by atoms with van der Waals surface area (Å²) in [4.78, 5) is 8.51. The fourth-order valence-corrected chi connectivity index (χ4v) is 2.32. The number of hydrogen-bond donors (Lipinski definition) is 2. The Morgan fingerprint density at radius 3 is 2.77 bits per heavy atom. The molecule has 2 aromatic rings. The van der Waals surface area contributed by atoms with E-state index in [0.717, 1.165) is 17.5 Å². The van der Waals surface area contributed by atoms with Gasteiger partial charge in [-0.1, -0.05) is 29.8 Å². The van der Waals surface area contributed by atoms with Gasteiger partial charge in [0.1, 0.15) is 10.9 Å². The van der Waals surface area contributed by atoms with Crippen LogP contribution in [0.25, 0.3) is 0 Å². The van der Waals surface area contributed by atoms with Crippen molar-refractivity contribution in [2.45, 2.75) is 26.5 Å². The number of halogens is 3. The molecule has 0 fully saturated rings. The number of pyridine rings is 1. The predicted octanol–water partition coefficient (Wildman–Crippen LogP) is 3.63. The van der Waals surface area contributed by atoms with Crippen molar-refractivity contribution in [3.05, 3.63) is 58.9 Å². The molecular formula is C18H21ClF2N4O. The molecule has 1 aromatic carbocycles. The third-order valence-electron chi connectivity index (χ3n) is 3.38. The van der Waals surface area contributed by atoms with Crippen molar-refractivity contribution in [2.75, 3.05) is 13.1 Å². The summed E-state index contributed by atoms with van der Waals surface area (Å²) in [5, 5.41) is 6.84. The standard InChI is InChI=1S/C18H21ClF2N4O/c1-2-22-18(23-9-8-13-6-7-16(19)24-11-13)25-12-14-4-3-5-15(10-14)26-17(20)21/h3-7,10-11,17H,2,8-9,12H2,1H3,(H2,22,23,25). The molecule has 2 rings (SSSR count). The molecule has 0 aliphatic carbocycles. The van der Waals surface area contributed by atoms with Gasteiger partial charge >= 0.3 is 6.61 Å². The fraction of sp³-hybridized carbons (Fsp3) is 0.333. The normalized spacial score (nSPS) is 11.5. The Morgan fingerprint density at radius 1 is 1.23 bits per heavy atom. The number of ether oxygens (including phenoxy) is 1. The van der Waals surface area contributed by atoms with Crippen molar-refractivity contribution in [3.63, 3.8) is 0 Å². The smallest absolute Gasteiger partial charge is 0.387 e. The van der Waals surface area contributed by atoms with Gasteiger partial charge in [-0.25, -0.2) is 9.98 Å². The monoisotopic (exact) mass is 382 g/mol. The summed E-state index contributed by atoms with van der Waals surface area (Å²) in [6.45, 7) is 0.859. The summed E-state index contributed by atoms with van der Waals surface area (Å²) < 4.78 is 29.0. The molecule has 5 nitrogen and oxygen atoms in total. The Bertz CT molecular complexity index is 711. The molecule has 0 saturated heterocycles. The number of aromatic nitrogens is 1. The minimum atomic E-state index is -2.84. The van der Waals surface area contributed by atoms with Gasteiger partial charge in [-0.2, -0.15) is 8.78 Å². The number of guanidine groups is 1. The molecule has 0 aliphatic rings. The zero-order valence-corrected chi connectivity index (χ0v) is 15.1. The van der Waals surface area contributed by atoms with Gasteiger partial charge in [0.2, 0.25) is 0 Å². The van der Waals surface area contributed by atoms with E-state index in [1.165, 1.54) is 6.07 Å². The minimum Gasteiger partial charge on any atom is -0.435 e. The Labute approximate surface area is 156 Å². The highest BCUT2D eigenvalue weighted by atomic mass is 35.5. The van der Waals surface area contributed by atoms with E-state index in [9.17, 15) is 8.78 Å². The van der Waals surface area contributed by atoms with Crippen molar-refractivity contribution in [1.29, 1.82) is 0 Å². The lowest BCUT2D eigenvalue weighted by atomic mass is 10.2. The summed E-state index contributed by atoms with van der Waals surface area (Å²) in [6.07, 6.45) is 2.51. The van der Waals surface area contributed by atoms with Crippen molar-refractivity contribution in [2.24, 2.45) is 4.99 Å². The third-order valence-corrected chi connectivity index (χ3v) is 3.61. The van der Waals surface area contributed by atoms with Crippen molar-refractivity contribution in [3.8, 4) is 5.75 Å². The molecule has 0 aliphatic heterocycles. The molecule has 0 radical (unpaired) electrons. The van der Waals surface area contributed by atoms with Crippen LogP contribution < -0.4 is 15.4 Å². The Morgan fingerprint density at radius 2 is 2.08 bits per heavy atom. The molecule has 1 aromatic heterocycles. The lowest BCUT2D eigenvalue weighted by Gasteiger charge is -2.11. The minimum absolute atomic E-state index is 0.126. The Hall–Kier alpha value is -2.41. The van der Waals surface area contributed by atoms with E-state index in [0.29, 0.717) is 30.7 Å². The summed E-state index contributed by atoms with van der Waals surface area (Å²) in [5.74, 6) is 0.774. The summed E-state index contributed by atoms with van der Waals surface area (Å²) in [5.41, 5.74) is 1.84. The molecule has 8 heteroatoms. The molecule has 0 atom stereocenters. The highest BCUT2D eigenvalue weighted by molar-refractivity contribution is 6.29. The number of aliphatic imine (C=N–C) groups is 1. The predicted molar refractivity (Wildman–Crippen MR) is 98.8 cm³/mol. The van der Waals surface area contributed by atoms with Crippen LogP contribution in [0.3, 0.4) is 0 Å². The number of nitrogens with one attached hydrogen (secondary N) is 2. The first-order valence-corrected chi connectivity index (χ1v) is 8.61. The zero-order valence-electron chi connectivity index (χ0n) is 14.4. The number of hydrogen-bond acceptors (Lipinski definition) is 3. The zero-order chi connectivity index (χ0) is 18.8. The van der Waals surface area contributed by atoms with Gasteiger partial charge in [0.15, 0.2) is 5.96 Å². The van der Waals surface area contributed by atoms with Crippen molar-refractivity contribution < 1.29 is 13.5 Å². The van der Waals surface area contributed by atoms with Gasteiger partial charge in [-0.3, -0.25) is 0 Å². The van der Waals surface area contributed by atoms with Crippen LogP contribution >= 0.6 is 11.6 Å². The van der Waals surface area contributed by atoms with Crippen LogP contribution in [-0.2, 0) is 13.0 Å². The fourth-order valence-electron chi connectivity index (χ4n) is 2.21. The SMILES string of the molecule is CCNC(=NCc1cccc(OC(F)F)c1)NCCc1ccc(Cl)nc1. The maximum absolute atomic E-state index is 12.3. The van der Waals surface area contributed by atoms with Crippen LogP contribution in [0, 0.1) is 0 Å². The molecular weight excluding hydrogens is 362 g/mol. The molecule has 1 heterocycles. The molecule has 140 valence electrons. The first-order chi connectivity index (χ1) is 12.6. The topological polar surface area (TPSA) is 58.5 Å². The van der Waals surface area contributed by atoms with Gasteiger partial charge in [-0.05, 0) is 42.7 Å². The maximum Gasteiger partial charge on any atom is 0.387 e. The first kappa shape index (κ1) is 19.9. The lowest BCUT2D eigenvalue weighted by Crippen LogP contribution is -2.38. The van der Waals surface area contributed by atoms with Crippen molar-refractivity contribution >= 4 is 17.6 Å². The lowest BCUT2D eigenvalue weighted by molar-refractivity contribution is -0.0498.